The summed E-state index contributed by atoms with van der Waals surface area (Å²) in [6.45, 7) is 0. The van der Waals surface area contributed by atoms with Crippen molar-refractivity contribution < 1.29 is 9.13 Å². The second kappa shape index (κ2) is 6.90. The van der Waals surface area contributed by atoms with Crippen LogP contribution in [-0.4, -0.2) is 20.2 Å². The summed E-state index contributed by atoms with van der Waals surface area (Å²) in [5.41, 5.74) is 1.08. The average Bonchev–Trinajstić information content (AvgIpc) is 2.64. The summed E-state index contributed by atoms with van der Waals surface area (Å²) < 4.78 is 18.6. The molecule has 1 fully saturated rings. The van der Waals surface area contributed by atoms with Crippen LogP contribution in [0, 0.1) is 11.7 Å². The minimum Gasteiger partial charge on any atom is -0.494 e. The van der Waals surface area contributed by atoms with E-state index < -0.39 is 0 Å². The van der Waals surface area contributed by atoms with E-state index in [0.29, 0.717) is 17.7 Å². The van der Waals surface area contributed by atoms with Crippen molar-refractivity contribution in [1.82, 2.24) is 5.32 Å². The van der Waals surface area contributed by atoms with Gasteiger partial charge < -0.3 is 10.1 Å². The molecule has 0 bridgehead atoms. The van der Waals surface area contributed by atoms with E-state index in [-0.39, 0.29) is 5.82 Å². The van der Waals surface area contributed by atoms with E-state index in [1.165, 1.54) is 39.2 Å². The highest BCUT2D eigenvalue weighted by Gasteiger charge is 2.19. The highest BCUT2D eigenvalue weighted by atomic mass is 19.1. The summed E-state index contributed by atoms with van der Waals surface area (Å²) in [5, 5.41) is 3.40. The van der Waals surface area contributed by atoms with Gasteiger partial charge in [-0.15, -0.1) is 0 Å². The van der Waals surface area contributed by atoms with Gasteiger partial charge in [0, 0.05) is 6.04 Å². The third kappa shape index (κ3) is 3.93. The molecule has 19 heavy (non-hydrogen) atoms. The molecule has 0 amide bonds. The van der Waals surface area contributed by atoms with Crippen molar-refractivity contribution in [3.8, 4) is 5.75 Å². The minimum absolute atomic E-state index is 0.251. The topological polar surface area (TPSA) is 21.3 Å². The molecule has 0 aromatic heterocycles. The van der Waals surface area contributed by atoms with Crippen molar-refractivity contribution in [2.45, 2.75) is 44.6 Å². The molecule has 2 nitrogen and oxygen atoms in total. The van der Waals surface area contributed by atoms with E-state index >= 15 is 0 Å². The fraction of sp³-hybridized carbons (Fsp3) is 0.625. The minimum atomic E-state index is -0.251. The lowest BCUT2D eigenvalue weighted by molar-refractivity contribution is 0.383. The molecule has 2 rings (SSSR count). The smallest absolute Gasteiger partial charge is 0.165 e. The van der Waals surface area contributed by atoms with Crippen molar-refractivity contribution in [2.24, 2.45) is 5.92 Å². The molecule has 106 valence electrons. The van der Waals surface area contributed by atoms with E-state index in [1.54, 1.807) is 12.1 Å². The van der Waals surface area contributed by atoms with Crippen LogP contribution in [0.4, 0.5) is 4.39 Å². The maximum absolute atomic E-state index is 13.7. The molecule has 1 aromatic carbocycles. The first-order valence-electron chi connectivity index (χ1n) is 7.22. The maximum Gasteiger partial charge on any atom is 0.165 e. The molecule has 1 aliphatic rings. The second-order valence-corrected chi connectivity index (χ2v) is 5.54. The molecule has 2 atom stereocenters. The van der Waals surface area contributed by atoms with E-state index in [9.17, 15) is 4.39 Å². The normalized spacial score (nSPS) is 23.9. The van der Waals surface area contributed by atoms with Gasteiger partial charge in [-0.3, -0.25) is 0 Å². The predicted molar refractivity (Wildman–Crippen MR) is 76.1 cm³/mol. The van der Waals surface area contributed by atoms with Crippen LogP contribution in [0.5, 0.6) is 5.75 Å². The highest BCUT2D eigenvalue weighted by molar-refractivity contribution is 5.29. The number of hydrogen-bond donors (Lipinski definition) is 1. The van der Waals surface area contributed by atoms with Crippen molar-refractivity contribution >= 4 is 0 Å². The lowest BCUT2D eigenvalue weighted by atomic mass is 9.91. The van der Waals surface area contributed by atoms with Crippen LogP contribution in [-0.2, 0) is 6.42 Å². The van der Waals surface area contributed by atoms with Gasteiger partial charge in [0.05, 0.1) is 7.11 Å². The lowest BCUT2D eigenvalue weighted by Crippen LogP contribution is -2.26. The fourth-order valence-electron chi connectivity index (χ4n) is 3.08. The van der Waals surface area contributed by atoms with Crippen LogP contribution >= 0.6 is 0 Å². The number of halogens is 1. The Morgan fingerprint density at radius 2 is 2.11 bits per heavy atom. The number of benzene rings is 1. The number of rotatable bonds is 4. The fourth-order valence-corrected chi connectivity index (χ4v) is 3.08. The molecule has 1 saturated carbocycles. The Bertz CT molecular complexity index is 408. The van der Waals surface area contributed by atoms with Gasteiger partial charge in [-0.25, -0.2) is 4.39 Å². The summed E-state index contributed by atoms with van der Waals surface area (Å²) in [5.74, 6) is 0.740. The molecule has 0 radical (unpaired) electrons. The second-order valence-electron chi connectivity index (χ2n) is 5.54. The van der Waals surface area contributed by atoms with Crippen LogP contribution < -0.4 is 10.1 Å². The van der Waals surface area contributed by atoms with Gasteiger partial charge in [0.2, 0.25) is 0 Å². The van der Waals surface area contributed by atoms with Gasteiger partial charge in [0.15, 0.2) is 11.6 Å². The maximum atomic E-state index is 13.7. The van der Waals surface area contributed by atoms with Crippen LogP contribution in [0.3, 0.4) is 0 Å². The Labute approximate surface area is 115 Å². The molecule has 1 aromatic rings. The monoisotopic (exact) mass is 265 g/mol. The van der Waals surface area contributed by atoms with Gasteiger partial charge in [-0.1, -0.05) is 25.3 Å². The Hall–Kier alpha value is -1.09. The first-order chi connectivity index (χ1) is 9.22. The van der Waals surface area contributed by atoms with Crippen molar-refractivity contribution in [1.29, 1.82) is 0 Å². The molecule has 0 spiro atoms. The van der Waals surface area contributed by atoms with Crippen LogP contribution in [0.2, 0.25) is 0 Å². The molecule has 0 aliphatic heterocycles. The molecule has 0 heterocycles. The molecular formula is C16H24FNO. The average molecular weight is 265 g/mol. The zero-order valence-corrected chi connectivity index (χ0v) is 11.9. The first-order valence-corrected chi connectivity index (χ1v) is 7.22. The summed E-state index contributed by atoms with van der Waals surface area (Å²) >= 11 is 0. The number of hydrogen-bond acceptors (Lipinski definition) is 2. The molecule has 3 heteroatoms. The summed E-state index contributed by atoms with van der Waals surface area (Å²) in [7, 11) is 3.54. The number of methoxy groups -OCH3 is 1. The number of nitrogens with one attached hydrogen (secondary N) is 1. The van der Waals surface area contributed by atoms with Gasteiger partial charge in [-0.05, 0) is 49.9 Å². The SMILES string of the molecule is CNC1CCCCC(Cc2ccc(OC)c(F)c2)C1. The zero-order valence-electron chi connectivity index (χ0n) is 11.9. The Morgan fingerprint density at radius 3 is 2.79 bits per heavy atom. The summed E-state index contributed by atoms with van der Waals surface area (Å²) in [6.07, 6.45) is 7.29. The predicted octanol–water partition coefficient (Wildman–Crippen LogP) is 3.55. The van der Waals surface area contributed by atoms with Gasteiger partial charge >= 0.3 is 0 Å². The third-order valence-corrected chi connectivity index (χ3v) is 4.18. The van der Waals surface area contributed by atoms with E-state index in [2.05, 4.69) is 5.32 Å². The molecule has 1 N–H and O–H groups in total. The van der Waals surface area contributed by atoms with Crippen molar-refractivity contribution in [3.63, 3.8) is 0 Å². The van der Waals surface area contributed by atoms with Crippen LogP contribution in [0.15, 0.2) is 18.2 Å². The zero-order chi connectivity index (χ0) is 13.7. The number of ether oxygens (including phenoxy) is 1. The molecule has 0 saturated heterocycles. The Morgan fingerprint density at radius 1 is 1.32 bits per heavy atom. The van der Waals surface area contributed by atoms with Crippen molar-refractivity contribution in [3.05, 3.63) is 29.6 Å². The van der Waals surface area contributed by atoms with E-state index in [0.717, 1.165) is 12.0 Å². The molecule has 2 unspecified atom stereocenters. The van der Waals surface area contributed by atoms with Gasteiger partial charge in [0.25, 0.3) is 0 Å². The summed E-state index contributed by atoms with van der Waals surface area (Å²) in [4.78, 5) is 0. The van der Waals surface area contributed by atoms with E-state index in [4.69, 9.17) is 4.74 Å². The summed E-state index contributed by atoms with van der Waals surface area (Å²) in [6, 6.07) is 5.96. The Kier molecular flexibility index (Phi) is 5.20. The first kappa shape index (κ1) is 14.3. The molecule has 1 aliphatic carbocycles. The van der Waals surface area contributed by atoms with Gasteiger partial charge in [-0.2, -0.15) is 0 Å². The largest absolute Gasteiger partial charge is 0.494 e. The lowest BCUT2D eigenvalue weighted by Gasteiger charge is -2.19. The third-order valence-electron chi connectivity index (χ3n) is 4.18. The van der Waals surface area contributed by atoms with E-state index in [1.807, 2.05) is 13.1 Å². The molecular weight excluding hydrogens is 241 g/mol. The van der Waals surface area contributed by atoms with Crippen LogP contribution in [0.25, 0.3) is 0 Å². The van der Waals surface area contributed by atoms with Crippen molar-refractivity contribution in [2.75, 3.05) is 14.2 Å². The standard InChI is InChI=1S/C16H24FNO/c1-18-14-6-4-3-5-12(10-14)9-13-7-8-16(19-2)15(17)11-13/h7-8,11-12,14,18H,3-6,9-10H2,1-2H3. The van der Waals surface area contributed by atoms with Gasteiger partial charge in [0.1, 0.15) is 0 Å². The Balaban J connectivity index is 2.01. The van der Waals surface area contributed by atoms with Crippen LogP contribution in [0.1, 0.15) is 37.7 Å². The highest BCUT2D eigenvalue weighted by Crippen LogP contribution is 2.27. The quantitative estimate of drug-likeness (QED) is 0.841.